The second kappa shape index (κ2) is 11.0. The molecule has 7 heteroatoms. The molecule has 0 bridgehead atoms. The van der Waals surface area contributed by atoms with Crippen LogP contribution in [0.3, 0.4) is 0 Å². The molecule has 0 radical (unpaired) electrons. The fourth-order valence-corrected chi connectivity index (χ4v) is 5.53. The van der Waals surface area contributed by atoms with Crippen LogP contribution in [0.15, 0.2) is 71.1 Å². The van der Waals surface area contributed by atoms with Gasteiger partial charge in [-0.3, -0.25) is 4.79 Å². The molecule has 4 nitrogen and oxygen atoms in total. The van der Waals surface area contributed by atoms with Crippen LogP contribution in [0.4, 0.5) is 0 Å². The number of hydrogen-bond donors (Lipinski definition) is 1. The summed E-state index contributed by atoms with van der Waals surface area (Å²) in [5.41, 5.74) is 4.56. The predicted molar refractivity (Wildman–Crippen MR) is 139 cm³/mol. The number of benzene rings is 2. The van der Waals surface area contributed by atoms with Crippen LogP contribution >= 0.6 is 35.0 Å². The van der Waals surface area contributed by atoms with E-state index in [1.165, 1.54) is 0 Å². The van der Waals surface area contributed by atoms with E-state index in [0.29, 0.717) is 46.3 Å². The van der Waals surface area contributed by atoms with Crippen LogP contribution in [0.5, 0.6) is 0 Å². The molecule has 1 aliphatic carbocycles. The predicted octanol–water partition coefficient (Wildman–Crippen LogP) is 6.65. The lowest BCUT2D eigenvalue weighted by atomic mass is 9.72. The van der Waals surface area contributed by atoms with Crippen LogP contribution in [0, 0.1) is 0 Å². The Bertz CT molecular complexity index is 1160. The van der Waals surface area contributed by atoms with E-state index in [9.17, 15) is 9.59 Å². The molecule has 0 spiro atoms. The van der Waals surface area contributed by atoms with Crippen molar-refractivity contribution in [2.24, 2.45) is 0 Å². The van der Waals surface area contributed by atoms with E-state index in [1.54, 1.807) is 17.8 Å². The number of hydrogen-bond acceptors (Lipinski definition) is 5. The lowest BCUT2D eigenvalue weighted by Gasteiger charge is -2.36. The Hall–Kier alpha value is -2.21. The summed E-state index contributed by atoms with van der Waals surface area (Å²) in [6, 6.07) is 15.0. The number of nitrogens with one attached hydrogen (secondary N) is 1. The molecule has 178 valence electrons. The Morgan fingerprint density at radius 3 is 2.56 bits per heavy atom. The van der Waals surface area contributed by atoms with Gasteiger partial charge >= 0.3 is 5.97 Å². The number of halogens is 2. The molecule has 0 saturated carbocycles. The number of dihydropyridines is 1. The summed E-state index contributed by atoms with van der Waals surface area (Å²) >= 11 is 14.1. The van der Waals surface area contributed by atoms with E-state index >= 15 is 0 Å². The highest BCUT2D eigenvalue weighted by Gasteiger charge is 2.41. The molecular weight excluding hydrogens is 489 g/mol. The number of thioether (sulfide) groups is 1. The summed E-state index contributed by atoms with van der Waals surface area (Å²) in [7, 11) is 0. The third-order valence-corrected chi connectivity index (χ3v) is 7.59. The van der Waals surface area contributed by atoms with Crippen molar-refractivity contribution in [3.8, 4) is 0 Å². The van der Waals surface area contributed by atoms with Crippen molar-refractivity contribution in [2.75, 3.05) is 18.1 Å². The smallest absolute Gasteiger partial charge is 0.336 e. The Balaban J connectivity index is 1.71. The standard InChI is InChI=1S/C27H27Cl2NO3S/c1-3-34-12-11-33-27(32)24-16(2)30-22-14-19(17-7-9-20(28)10-8-17)15-23(31)26(22)25(24)18-5-4-6-21(29)13-18/h4-10,13,19,25,30H,3,11-12,14-15H2,1-2H3/t19-,25-/m1/s1. The number of carbonyl (C=O) groups is 2. The van der Waals surface area contributed by atoms with Gasteiger partial charge in [-0.15, -0.1) is 0 Å². The Morgan fingerprint density at radius 1 is 1.09 bits per heavy atom. The van der Waals surface area contributed by atoms with Crippen LogP contribution in [-0.4, -0.2) is 29.9 Å². The van der Waals surface area contributed by atoms with Crippen molar-refractivity contribution >= 4 is 46.7 Å². The molecular formula is C27H27Cl2NO3S. The molecule has 2 aromatic carbocycles. The van der Waals surface area contributed by atoms with Gasteiger partial charge in [0.05, 0.1) is 5.57 Å². The van der Waals surface area contributed by atoms with E-state index in [4.69, 9.17) is 27.9 Å². The number of ether oxygens (including phenoxy) is 1. The molecule has 0 aromatic heterocycles. The van der Waals surface area contributed by atoms with Crippen molar-refractivity contribution in [3.63, 3.8) is 0 Å². The van der Waals surface area contributed by atoms with Gasteiger partial charge in [0.1, 0.15) is 6.61 Å². The van der Waals surface area contributed by atoms with Crippen LogP contribution in [-0.2, 0) is 14.3 Å². The van der Waals surface area contributed by atoms with E-state index in [1.807, 2.05) is 49.4 Å². The van der Waals surface area contributed by atoms with E-state index in [0.717, 1.165) is 28.3 Å². The van der Waals surface area contributed by atoms with Crippen molar-refractivity contribution in [1.29, 1.82) is 0 Å². The number of esters is 1. The molecule has 0 amide bonds. The first-order chi connectivity index (χ1) is 16.4. The molecule has 34 heavy (non-hydrogen) atoms. The third-order valence-electron chi connectivity index (χ3n) is 6.24. The van der Waals surface area contributed by atoms with Crippen molar-refractivity contribution in [1.82, 2.24) is 5.32 Å². The molecule has 2 atom stereocenters. The Kier molecular flexibility index (Phi) is 8.07. The zero-order valence-corrected chi connectivity index (χ0v) is 21.5. The average molecular weight is 516 g/mol. The molecule has 1 aliphatic heterocycles. The summed E-state index contributed by atoms with van der Waals surface area (Å²) in [5, 5.41) is 4.61. The fourth-order valence-electron chi connectivity index (χ4n) is 4.72. The monoisotopic (exact) mass is 515 g/mol. The highest BCUT2D eigenvalue weighted by Crippen LogP contribution is 2.46. The van der Waals surface area contributed by atoms with Crippen molar-refractivity contribution < 1.29 is 14.3 Å². The van der Waals surface area contributed by atoms with Crippen LogP contribution in [0.25, 0.3) is 0 Å². The maximum atomic E-state index is 13.6. The molecule has 2 aromatic rings. The maximum absolute atomic E-state index is 13.6. The van der Waals surface area contributed by atoms with Gasteiger partial charge in [-0.05, 0) is 60.4 Å². The SMILES string of the molecule is CCSCCOC(=O)C1=C(C)NC2=C(C(=O)C[C@H](c3ccc(Cl)cc3)C2)[C@@H]1c1cccc(Cl)c1. The van der Waals surface area contributed by atoms with Gasteiger partial charge in [0.25, 0.3) is 0 Å². The minimum atomic E-state index is -0.514. The zero-order chi connectivity index (χ0) is 24.2. The quantitative estimate of drug-likeness (QED) is 0.330. The molecule has 1 N–H and O–H groups in total. The van der Waals surface area contributed by atoms with Crippen molar-refractivity contribution in [3.05, 3.63) is 92.2 Å². The first-order valence-corrected chi connectivity index (χ1v) is 13.3. The van der Waals surface area contributed by atoms with Crippen LogP contribution in [0.1, 0.15) is 49.7 Å². The van der Waals surface area contributed by atoms with E-state index in [-0.39, 0.29) is 11.7 Å². The number of Topliss-reactive ketones (excluding diaryl/α,β-unsaturated/α-hetero) is 1. The summed E-state index contributed by atoms with van der Waals surface area (Å²) < 4.78 is 5.62. The topological polar surface area (TPSA) is 55.4 Å². The van der Waals surface area contributed by atoms with E-state index < -0.39 is 11.9 Å². The average Bonchev–Trinajstić information content (AvgIpc) is 2.81. The largest absolute Gasteiger partial charge is 0.461 e. The van der Waals surface area contributed by atoms with Gasteiger partial charge in [0.15, 0.2) is 5.78 Å². The van der Waals surface area contributed by atoms with Gasteiger partial charge in [-0.25, -0.2) is 4.79 Å². The number of allylic oxidation sites excluding steroid dienone is 3. The highest BCUT2D eigenvalue weighted by molar-refractivity contribution is 7.99. The molecule has 0 fully saturated rings. The maximum Gasteiger partial charge on any atom is 0.336 e. The van der Waals surface area contributed by atoms with Crippen molar-refractivity contribution in [2.45, 2.75) is 38.5 Å². The molecule has 0 unspecified atom stereocenters. The number of ketones is 1. The lowest BCUT2D eigenvalue weighted by molar-refractivity contribution is -0.138. The molecule has 2 aliphatic rings. The number of carbonyl (C=O) groups excluding carboxylic acids is 2. The normalized spacial score (nSPS) is 20.2. The first kappa shape index (κ1) is 24.9. The molecule has 0 saturated heterocycles. The van der Waals surface area contributed by atoms with Gasteiger partial charge < -0.3 is 10.1 Å². The molecule has 1 heterocycles. The minimum absolute atomic E-state index is 0.0259. The fraction of sp³-hybridized carbons (Fsp3) is 0.333. The summed E-state index contributed by atoms with van der Waals surface area (Å²) in [5.74, 6) is 0.859. The zero-order valence-electron chi connectivity index (χ0n) is 19.2. The highest BCUT2D eigenvalue weighted by atomic mass is 35.5. The van der Waals surface area contributed by atoms with Crippen LogP contribution in [0.2, 0.25) is 10.0 Å². The summed E-state index contributed by atoms with van der Waals surface area (Å²) in [6.45, 7) is 4.27. The molecule has 4 rings (SSSR count). The lowest BCUT2D eigenvalue weighted by Crippen LogP contribution is -2.36. The minimum Gasteiger partial charge on any atom is -0.461 e. The first-order valence-electron chi connectivity index (χ1n) is 11.4. The second-order valence-electron chi connectivity index (χ2n) is 8.46. The third kappa shape index (κ3) is 5.37. The van der Waals surface area contributed by atoms with Crippen LogP contribution < -0.4 is 5.32 Å². The summed E-state index contributed by atoms with van der Waals surface area (Å²) in [4.78, 5) is 26.8. The number of rotatable bonds is 7. The van der Waals surface area contributed by atoms with Gasteiger partial charge in [0.2, 0.25) is 0 Å². The van der Waals surface area contributed by atoms with Gasteiger partial charge in [0, 0.05) is 45.1 Å². The Labute approximate surface area is 214 Å². The second-order valence-corrected chi connectivity index (χ2v) is 10.7. The van der Waals surface area contributed by atoms with Gasteiger partial charge in [-0.1, -0.05) is 54.4 Å². The van der Waals surface area contributed by atoms with E-state index in [2.05, 4.69) is 12.2 Å². The Morgan fingerprint density at radius 2 is 1.85 bits per heavy atom. The van der Waals surface area contributed by atoms with Gasteiger partial charge in [-0.2, -0.15) is 11.8 Å². The summed E-state index contributed by atoms with van der Waals surface area (Å²) in [6.07, 6.45) is 1.04.